The number of rotatable bonds is 4. The zero-order valence-corrected chi connectivity index (χ0v) is 13.2. The number of hydrogen-bond acceptors (Lipinski definition) is 3. The number of nitrogens with one attached hydrogen (secondary N) is 1. The quantitative estimate of drug-likeness (QED) is 0.720. The maximum atomic E-state index is 12.2. The third kappa shape index (κ3) is 4.64. The number of carbonyl (C=O) groups excluding carboxylic acids is 1. The maximum absolute atomic E-state index is 12.2. The van der Waals surface area contributed by atoms with E-state index in [9.17, 15) is 9.59 Å². The van der Waals surface area contributed by atoms with Gasteiger partial charge in [0.25, 0.3) is 0 Å². The summed E-state index contributed by atoms with van der Waals surface area (Å²) in [4.78, 5) is 29.6. The number of aromatic nitrogens is 2. The van der Waals surface area contributed by atoms with Crippen molar-refractivity contribution in [3.8, 4) is 0 Å². The Hall–Kier alpha value is -3.21. The van der Waals surface area contributed by atoms with Gasteiger partial charge in [-0.05, 0) is 18.6 Å². The van der Waals surface area contributed by atoms with E-state index < -0.39 is 11.9 Å². The van der Waals surface area contributed by atoms with Gasteiger partial charge in [0, 0.05) is 23.5 Å². The Kier molecular flexibility index (Phi) is 6.02. The first kappa shape index (κ1) is 17.1. The van der Waals surface area contributed by atoms with E-state index in [2.05, 4.69) is 9.97 Å². The Labute approximate surface area is 140 Å². The lowest BCUT2D eigenvalue weighted by molar-refractivity contribution is -0.138. The van der Waals surface area contributed by atoms with Gasteiger partial charge in [-0.15, -0.1) is 0 Å². The van der Waals surface area contributed by atoms with Gasteiger partial charge in [0.1, 0.15) is 0 Å². The van der Waals surface area contributed by atoms with Crippen LogP contribution in [0.5, 0.6) is 0 Å². The fraction of sp³-hybridized carbons (Fsp3) is 0.105. The molecule has 0 aliphatic rings. The highest BCUT2D eigenvalue weighted by molar-refractivity contribution is 6.09. The second kappa shape index (κ2) is 8.43. The minimum Gasteiger partial charge on any atom is -0.481 e. The molecule has 5 nitrogen and oxygen atoms in total. The summed E-state index contributed by atoms with van der Waals surface area (Å²) in [6.45, 7) is 1.61. The van der Waals surface area contributed by atoms with E-state index in [1.54, 1.807) is 74.2 Å². The Bertz CT molecular complexity index is 766. The number of hydrogen-bond donors (Lipinski definition) is 2. The van der Waals surface area contributed by atoms with Crippen LogP contribution in [0.1, 0.15) is 34.3 Å². The normalized spacial score (nSPS) is 11.0. The van der Waals surface area contributed by atoms with Crippen molar-refractivity contribution < 1.29 is 14.7 Å². The van der Waals surface area contributed by atoms with Crippen molar-refractivity contribution >= 4 is 11.8 Å². The van der Waals surface area contributed by atoms with Crippen LogP contribution in [0.4, 0.5) is 0 Å². The fourth-order valence-corrected chi connectivity index (χ4v) is 2.06. The molecule has 0 spiro atoms. The molecule has 1 atom stereocenters. The van der Waals surface area contributed by atoms with Crippen LogP contribution in [0.15, 0.2) is 73.3 Å². The molecule has 0 radical (unpaired) electrons. The lowest BCUT2D eigenvalue weighted by Crippen LogP contribution is -2.09. The molecule has 3 aromatic rings. The molecular formula is C19H18N2O3. The number of aliphatic carboxylic acids is 1. The molecule has 2 aromatic carbocycles. The summed E-state index contributed by atoms with van der Waals surface area (Å²) in [7, 11) is 0. The zero-order chi connectivity index (χ0) is 17.4. The molecular weight excluding hydrogens is 304 g/mol. The van der Waals surface area contributed by atoms with Crippen molar-refractivity contribution in [2.45, 2.75) is 12.8 Å². The van der Waals surface area contributed by atoms with E-state index in [4.69, 9.17) is 5.11 Å². The molecule has 0 aliphatic heterocycles. The van der Waals surface area contributed by atoms with Gasteiger partial charge in [-0.3, -0.25) is 9.59 Å². The van der Waals surface area contributed by atoms with Gasteiger partial charge in [0.15, 0.2) is 5.78 Å². The highest BCUT2D eigenvalue weighted by atomic mass is 16.4. The molecule has 0 bridgehead atoms. The molecule has 0 fully saturated rings. The van der Waals surface area contributed by atoms with E-state index in [1.165, 1.54) is 0 Å². The molecule has 0 aliphatic carbocycles. The molecule has 1 aromatic heterocycles. The summed E-state index contributed by atoms with van der Waals surface area (Å²) in [6, 6.07) is 15.7. The molecule has 5 heteroatoms. The lowest BCUT2D eigenvalue weighted by atomic mass is 9.96. The van der Waals surface area contributed by atoms with Crippen LogP contribution in [0.3, 0.4) is 0 Å². The molecule has 3 rings (SSSR count). The topological polar surface area (TPSA) is 83.0 Å². The van der Waals surface area contributed by atoms with Crippen LogP contribution < -0.4 is 0 Å². The summed E-state index contributed by atoms with van der Waals surface area (Å²) in [5.74, 6) is -1.62. The summed E-state index contributed by atoms with van der Waals surface area (Å²) in [6.07, 6.45) is 5.08. The Morgan fingerprint density at radius 3 is 2.29 bits per heavy atom. The molecule has 0 saturated carbocycles. The van der Waals surface area contributed by atoms with Crippen molar-refractivity contribution in [1.29, 1.82) is 0 Å². The van der Waals surface area contributed by atoms with Gasteiger partial charge < -0.3 is 10.1 Å². The van der Waals surface area contributed by atoms with E-state index in [1.807, 2.05) is 6.07 Å². The van der Waals surface area contributed by atoms with Crippen LogP contribution in [-0.2, 0) is 4.79 Å². The average molecular weight is 322 g/mol. The predicted molar refractivity (Wildman–Crippen MR) is 91.0 cm³/mol. The lowest BCUT2D eigenvalue weighted by Gasteiger charge is -2.08. The van der Waals surface area contributed by atoms with Crippen molar-refractivity contribution in [3.05, 3.63) is 90.0 Å². The van der Waals surface area contributed by atoms with Crippen molar-refractivity contribution in [2.75, 3.05) is 0 Å². The third-order valence-electron chi connectivity index (χ3n) is 3.46. The maximum Gasteiger partial charge on any atom is 0.310 e. The standard InChI is InChI=1S/C16H14O3.C3H4N2/c1-11(16(18)19)13-8-5-9-14(10-13)15(17)12-6-3-2-4-7-12;1-2-5-3-4-1/h2-11H,1H3,(H,18,19);1-3H,(H,4,5)/t11-;/m0./s1. The minimum atomic E-state index is -0.899. The number of carbonyl (C=O) groups is 2. The molecule has 24 heavy (non-hydrogen) atoms. The second-order valence-electron chi connectivity index (χ2n) is 5.14. The molecule has 2 N–H and O–H groups in total. The van der Waals surface area contributed by atoms with Gasteiger partial charge in [-0.25, -0.2) is 4.98 Å². The summed E-state index contributed by atoms with van der Waals surface area (Å²) in [5.41, 5.74) is 1.74. The van der Waals surface area contributed by atoms with E-state index in [0.717, 1.165) is 0 Å². The van der Waals surface area contributed by atoms with Crippen LogP contribution >= 0.6 is 0 Å². The van der Waals surface area contributed by atoms with Gasteiger partial charge in [-0.2, -0.15) is 0 Å². The highest BCUT2D eigenvalue weighted by Gasteiger charge is 2.16. The average Bonchev–Trinajstić information content (AvgIpc) is 3.21. The Morgan fingerprint density at radius 2 is 1.75 bits per heavy atom. The Balaban J connectivity index is 0.000000355. The minimum absolute atomic E-state index is 0.0972. The van der Waals surface area contributed by atoms with Crippen molar-refractivity contribution in [1.82, 2.24) is 9.97 Å². The summed E-state index contributed by atoms with van der Waals surface area (Å²) < 4.78 is 0. The monoisotopic (exact) mass is 322 g/mol. The van der Waals surface area contributed by atoms with Gasteiger partial charge in [0.2, 0.25) is 0 Å². The summed E-state index contributed by atoms with van der Waals surface area (Å²) >= 11 is 0. The Morgan fingerprint density at radius 1 is 1.04 bits per heavy atom. The van der Waals surface area contributed by atoms with Gasteiger partial charge in [-0.1, -0.05) is 48.5 Å². The van der Waals surface area contributed by atoms with Crippen molar-refractivity contribution in [3.63, 3.8) is 0 Å². The number of ketones is 1. The number of nitrogens with zero attached hydrogens (tertiary/aromatic N) is 1. The number of H-pyrrole nitrogens is 1. The highest BCUT2D eigenvalue weighted by Crippen LogP contribution is 2.18. The van der Waals surface area contributed by atoms with E-state index >= 15 is 0 Å². The number of carboxylic acids is 1. The molecule has 1 heterocycles. The van der Waals surface area contributed by atoms with E-state index in [0.29, 0.717) is 16.7 Å². The summed E-state index contributed by atoms with van der Waals surface area (Å²) in [5, 5.41) is 9.00. The number of imidazole rings is 1. The number of aromatic amines is 1. The van der Waals surface area contributed by atoms with Crippen LogP contribution in [-0.4, -0.2) is 26.8 Å². The zero-order valence-electron chi connectivity index (χ0n) is 13.2. The number of carboxylic acid groups (broad SMARTS) is 1. The first-order valence-corrected chi connectivity index (χ1v) is 7.45. The number of benzene rings is 2. The largest absolute Gasteiger partial charge is 0.481 e. The van der Waals surface area contributed by atoms with Crippen LogP contribution in [0.2, 0.25) is 0 Å². The first-order chi connectivity index (χ1) is 11.6. The molecule has 0 unspecified atom stereocenters. The molecule has 0 saturated heterocycles. The molecule has 122 valence electrons. The van der Waals surface area contributed by atoms with E-state index in [-0.39, 0.29) is 5.78 Å². The second-order valence-corrected chi connectivity index (χ2v) is 5.14. The van der Waals surface area contributed by atoms with Crippen molar-refractivity contribution in [2.24, 2.45) is 0 Å². The first-order valence-electron chi connectivity index (χ1n) is 7.45. The third-order valence-corrected chi connectivity index (χ3v) is 3.46. The SMILES string of the molecule is C[C@H](C(=O)O)c1cccc(C(=O)c2ccccc2)c1.c1c[nH]cn1. The van der Waals surface area contributed by atoms with Gasteiger partial charge in [0.05, 0.1) is 12.2 Å². The smallest absolute Gasteiger partial charge is 0.310 e. The van der Waals surface area contributed by atoms with Crippen LogP contribution in [0, 0.1) is 0 Å². The molecule has 0 amide bonds. The predicted octanol–water partition coefficient (Wildman–Crippen LogP) is 3.52. The van der Waals surface area contributed by atoms with Gasteiger partial charge >= 0.3 is 5.97 Å². The fourth-order valence-electron chi connectivity index (χ4n) is 2.06. The van der Waals surface area contributed by atoms with Crippen LogP contribution in [0.25, 0.3) is 0 Å².